The highest BCUT2D eigenvalue weighted by Crippen LogP contribution is 2.33. The zero-order valence-electron chi connectivity index (χ0n) is 10.7. The molecular formula is C12H11Cl2FN4O. The maximum Gasteiger partial charge on any atom is 0.231 e. The summed E-state index contributed by atoms with van der Waals surface area (Å²) < 4.78 is 13.6. The molecule has 2 aromatic rings. The van der Waals surface area contributed by atoms with Gasteiger partial charge in [0.05, 0.1) is 10.6 Å². The summed E-state index contributed by atoms with van der Waals surface area (Å²) in [6.07, 6.45) is 1.22. The quantitative estimate of drug-likeness (QED) is 0.909. The third kappa shape index (κ3) is 3.33. The number of halogens is 3. The van der Waals surface area contributed by atoms with Crippen LogP contribution in [0.15, 0.2) is 18.5 Å². The summed E-state index contributed by atoms with van der Waals surface area (Å²) in [5.41, 5.74) is -0.529. The van der Waals surface area contributed by atoms with Crippen LogP contribution in [-0.2, 0) is 5.60 Å². The lowest BCUT2D eigenvalue weighted by Gasteiger charge is -2.22. The number of nitrogens with one attached hydrogen (secondary N) is 1. The largest absolute Gasteiger partial charge is 0.386 e. The maximum atomic E-state index is 13.6. The smallest absolute Gasteiger partial charge is 0.231 e. The lowest BCUT2D eigenvalue weighted by atomic mass is 9.96. The highest BCUT2D eigenvalue weighted by atomic mass is 35.5. The Bertz CT molecular complexity index is 646. The van der Waals surface area contributed by atoms with E-state index in [0.29, 0.717) is 11.3 Å². The number of hydrogen-bond acceptors (Lipinski definition) is 5. The Morgan fingerprint density at radius 2 is 1.95 bits per heavy atom. The van der Waals surface area contributed by atoms with Gasteiger partial charge in [-0.2, -0.15) is 4.98 Å². The lowest BCUT2D eigenvalue weighted by Crippen LogP contribution is -2.18. The normalized spacial score (nSPS) is 11.5. The number of benzene rings is 1. The van der Waals surface area contributed by atoms with Crippen molar-refractivity contribution in [3.63, 3.8) is 0 Å². The SMILES string of the molecule is CC(C)(O)c1cc(Cl)c(F)cc1Nc1ncnc(Cl)n1. The molecule has 1 heterocycles. The van der Waals surface area contributed by atoms with Crippen LogP contribution >= 0.6 is 23.2 Å². The Labute approximate surface area is 124 Å². The molecule has 2 rings (SSSR count). The fraction of sp³-hybridized carbons (Fsp3) is 0.250. The van der Waals surface area contributed by atoms with Gasteiger partial charge in [-0.25, -0.2) is 14.4 Å². The summed E-state index contributed by atoms with van der Waals surface area (Å²) in [7, 11) is 0. The molecule has 0 saturated carbocycles. The first-order valence-electron chi connectivity index (χ1n) is 5.61. The zero-order chi connectivity index (χ0) is 14.9. The van der Waals surface area contributed by atoms with E-state index in [0.717, 1.165) is 6.07 Å². The van der Waals surface area contributed by atoms with Crippen LogP contribution in [0.3, 0.4) is 0 Å². The highest BCUT2D eigenvalue weighted by Gasteiger charge is 2.22. The van der Waals surface area contributed by atoms with E-state index in [9.17, 15) is 9.50 Å². The van der Waals surface area contributed by atoms with Crippen LogP contribution in [0.25, 0.3) is 0 Å². The Hall–Kier alpha value is -1.50. The summed E-state index contributed by atoms with van der Waals surface area (Å²) in [5, 5.41) is 12.8. The van der Waals surface area contributed by atoms with Gasteiger partial charge in [0.15, 0.2) is 0 Å². The first-order valence-corrected chi connectivity index (χ1v) is 6.36. The number of rotatable bonds is 3. The van der Waals surface area contributed by atoms with Gasteiger partial charge in [-0.3, -0.25) is 0 Å². The van der Waals surface area contributed by atoms with Crippen molar-refractivity contribution >= 4 is 34.8 Å². The average molecular weight is 317 g/mol. The molecule has 0 fully saturated rings. The molecule has 20 heavy (non-hydrogen) atoms. The molecule has 0 aliphatic heterocycles. The first-order chi connectivity index (χ1) is 9.27. The Balaban J connectivity index is 2.47. The minimum absolute atomic E-state index is 0.00161. The van der Waals surface area contributed by atoms with E-state index in [1.54, 1.807) is 13.8 Å². The summed E-state index contributed by atoms with van der Waals surface area (Å²) >= 11 is 11.4. The standard InChI is InChI=1S/C12H11Cl2FN4O/c1-12(2,20)6-3-7(13)8(15)4-9(6)18-11-17-5-16-10(14)19-11/h3-5,20H,1-2H3,(H,16,17,18,19). The molecule has 0 amide bonds. The van der Waals surface area contributed by atoms with Crippen LogP contribution < -0.4 is 5.32 Å². The average Bonchev–Trinajstić information content (AvgIpc) is 2.32. The monoisotopic (exact) mass is 316 g/mol. The number of nitrogens with zero attached hydrogens (tertiary/aromatic N) is 3. The minimum atomic E-state index is -1.23. The summed E-state index contributed by atoms with van der Waals surface area (Å²) in [5.74, 6) is -0.487. The van der Waals surface area contributed by atoms with Crippen LogP contribution in [0, 0.1) is 5.82 Å². The summed E-state index contributed by atoms with van der Waals surface area (Å²) in [6, 6.07) is 2.51. The van der Waals surface area contributed by atoms with E-state index in [4.69, 9.17) is 23.2 Å². The fourth-order valence-corrected chi connectivity index (χ4v) is 1.90. The molecule has 8 heteroatoms. The van der Waals surface area contributed by atoms with Crippen molar-refractivity contribution in [2.24, 2.45) is 0 Å². The van der Waals surface area contributed by atoms with Crippen LogP contribution in [0.2, 0.25) is 10.3 Å². The maximum absolute atomic E-state index is 13.6. The topological polar surface area (TPSA) is 70.9 Å². The lowest BCUT2D eigenvalue weighted by molar-refractivity contribution is 0.0793. The van der Waals surface area contributed by atoms with Gasteiger partial charge in [-0.15, -0.1) is 0 Å². The van der Waals surface area contributed by atoms with Crippen molar-refractivity contribution in [3.05, 3.63) is 40.1 Å². The molecule has 0 atom stereocenters. The van der Waals surface area contributed by atoms with E-state index >= 15 is 0 Å². The molecule has 0 aliphatic rings. The minimum Gasteiger partial charge on any atom is -0.386 e. The molecule has 0 saturated heterocycles. The number of aliphatic hydroxyl groups is 1. The molecule has 0 unspecified atom stereocenters. The van der Waals surface area contributed by atoms with Gasteiger partial charge in [0.2, 0.25) is 11.2 Å². The molecule has 2 N–H and O–H groups in total. The Kier molecular flexibility index (Phi) is 4.08. The van der Waals surface area contributed by atoms with Gasteiger partial charge in [0, 0.05) is 11.3 Å². The first kappa shape index (κ1) is 14.9. The second kappa shape index (κ2) is 5.47. The summed E-state index contributed by atoms with van der Waals surface area (Å²) in [6.45, 7) is 3.12. The van der Waals surface area contributed by atoms with E-state index in [1.165, 1.54) is 12.4 Å². The molecule has 1 aromatic heterocycles. The van der Waals surface area contributed by atoms with Gasteiger partial charge in [0.1, 0.15) is 12.1 Å². The molecular weight excluding hydrogens is 306 g/mol. The van der Waals surface area contributed by atoms with Gasteiger partial charge in [0.25, 0.3) is 0 Å². The van der Waals surface area contributed by atoms with E-state index < -0.39 is 11.4 Å². The fourth-order valence-electron chi connectivity index (χ4n) is 1.61. The van der Waals surface area contributed by atoms with Gasteiger partial charge in [-0.05, 0) is 37.6 Å². The second-order valence-electron chi connectivity index (χ2n) is 4.57. The van der Waals surface area contributed by atoms with Crippen molar-refractivity contribution in [1.29, 1.82) is 0 Å². The van der Waals surface area contributed by atoms with Gasteiger partial charge >= 0.3 is 0 Å². The number of anilines is 2. The molecule has 106 valence electrons. The van der Waals surface area contributed by atoms with E-state index in [1.807, 2.05) is 0 Å². The predicted octanol–water partition coefficient (Wildman–Crippen LogP) is 3.29. The predicted molar refractivity (Wildman–Crippen MR) is 74.8 cm³/mol. The van der Waals surface area contributed by atoms with Crippen molar-refractivity contribution in [3.8, 4) is 0 Å². The van der Waals surface area contributed by atoms with Gasteiger partial charge in [-0.1, -0.05) is 11.6 Å². The van der Waals surface area contributed by atoms with E-state index in [-0.39, 0.29) is 16.3 Å². The number of hydrogen-bond donors (Lipinski definition) is 2. The van der Waals surface area contributed by atoms with Crippen molar-refractivity contribution < 1.29 is 9.50 Å². The third-order valence-corrected chi connectivity index (χ3v) is 2.98. The summed E-state index contributed by atoms with van der Waals surface area (Å²) in [4.78, 5) is 11.3. The third-order valence-electron chi connectivity index (χ3n) is 2.51. The number of aromatic nitrogens is 3. The molecule has 0 aliphatic carbocycles. The zero-order valence-corrected chi connectivity index (χ0v) is 12.2. The van der Waals surface area contributed by atoms with Crippen LogP contribution in [0.1, 0.15) is 19.4 Å². The molecule has 5 nitrogen and oxygen atoms in total. The Morgan fingerprint density at radius 1 is 1.25 bits per heavy atom. The van der Waals surface area contributed by atoms with Crippen molar-refractivity contribution in [2.45, 2.75) is 19.4 Å². The highest BCUT2D eigenvalue weighted by molar-refractivity contribution is 6.31. The van der Waals surface area contributed by atoms with Crippen LogP contribution in [0.4, 0.5) is 16.0 Å². The van der Waals surface area contributed by atoms with Gasteiger partial charge < -0.3 is 10.4 Å². The van der Waals surface area contributed by atoms with Crippen LogP contribution in [-0.4, -0.2) is 20.1 Å². The van der Waals surface area contributed by atoms with E-state index in [2.05, 4.69) is 20.3 Å². The van der Waals surface area contributed by atoms with Crippen LogP contribution in [0.5, 0.6) is 0 Å². The molecule has 1 aromatic carbocycles. The van der Waals surface area contributed by atoms with Crippen molar-refractivity contribution in [1.82, 2.24) is 15.0 Å². The Morgan fingerprint density at radius 3 is 2.55 bits per heavy atom. The van der Waals surface area contributed by atoms with Crippen molar-refractivity contribution in [2.75, 3.05) is 5.32 Å². The molecule has 0 bridgehead atoms. The second-order valence-corrected chi connectivity index (χ2v) is 5.32. The molecule has 0 spiro atoms. The molecule has 0 radical (unpaired) electrons.